The van der Waals surface area contributed by atoms with Gasteiger partial charge in [0.1, 0.15) is 5.82 Å². The van der Waals surface area contributed by atoms with Crippen LogP contribution in [0.4, 0.5) is 4.39 Å². The molecule has 168 valence electrons. The van der Waals surface area contributed by atoms with Crippen molar-refractivity contribution in [2.24, 2.45) is 4.99 Å². The molecule has 1 aromatic rings. The zero-order chi connectivity index (χ0) is 21.6. The molecular formula is C24H40FN5. The van der Waals surface area contributed by atoms with Gasteiger partial charge in [-0.25, -0.2) is 4.39 Å². The van der Waals surface area contributed by atoms with Gasteiger partial charge in [0.2, 0.25) is 0 Å². The summed E-state index contributed by atoms with van der Waals surface area (Å²) >= 11 is 0. The van der Waals surface area contributed by atoms with Gasteiger partial charge in [0.15, 0.2) is 5.96 Å². The van der Waals surface area contributed by atoms with E-state index in [0.717, 1.165) is 31.2 Å². The number of nitrogens with zero attached hydrogens (tertiary/aromatic N) is 3. The molecule has 0 unspecified atom stereocenters. The van der Waals surface area contributed by atoms with Crippen LogP contribution in [0.2, 0.25) is 0 Å². The molecule has 1 aromatic carbocycles. The van der Waals surface area contributed by atoms with Crippen molar-refractivity contribution in [2.75, 3.05) is 53.4 Å². The number of piperidine rings is 2. The molecule has 30 heavy (non-hydrogen) atoms. The number of benzene rings is 1. The van der Waals surface area contributed by atoms with E-state index in [4.69, 9.17) is 0 Å². The summed E-state index contributed by atoms with van der Waals surface area (Å²) in [6.45, 7) is 10.6. The molecule has 6 heteroatoms. The van der Waals surface area contributed by atoms with Crippen molar-refractivity contribution in [3.63, 3.8) is 0 Å². The predicted octanol–water partition coefficient (Wildman–Crippen LogP) is 3.22. The maximum atomic E-state index is 13.7. The summed E-state index contributed by atoms with van der Waals surface area (Å²) in [6.07, 6.45) is 6.38. The average Bonchev–Trinajstić information content (AvgIpc) is 2.76. The Kier molecular flexibility index (Phi) is 7.75. The number of rotatable bonds is 6. The van der Waals surface area contributed by atoms with Gasteiger partial charge in [0.25, 0.3) is 0 Å². The number of nitrogens with one attached hydrogen (secondary N) is 2. The number of likely N-dealkylation sites (tertiary alicyclic amines) is 2. The lowest BCUT2D eigenvalue weighted by atomic mass is 9.84. The van der Waals surface area contributed by atoms with Crippen molar-refractivity contribution in [3.8, 4) is 0 Å². The number of aliphatic imine (C=N–C) groups is 1. The molecule has 2 aliphatic rings. The van der Waals surface area contributed by atoms with Crippen molar-refractivity contribution in [3.05, 3.63) is 35.6 Å². The lowest BCUT2D eigenvalue weighted by Crippen LogP contribution is -2.62. The fourth-order valence-electron chi connectivity index (χ4n) is 4.79. The Morgan fingerprint density at radius 3 is 2.43 bits per heavy atom. The standard InChI is InChI=1S/C24H40FN5/c1-23(2,20-9-8-10-21(25)17-20)18-27-22(26-3)28-19-24(11-15-29(4)16-12-24)30-13-6-5-7-14-30/h8-10,17H,5-7,11-16,18-19H2,1-4H3,(H2,26,27,28). The van der Waals surface area contributed by atoms with Gasteiger partial charge in [-0.05, 0) is 76.6 Å². The van der Waals surface area contributed by atoms with E-state index in [0.29, 0.717) is 6.54 Å². The molecule has 2 heterocycles. The fraction of sp³-hybridized carbons (Fsp3) is 0.708. The topological polar surface area (TPSA) is 42.9 Å². The summed E-state index contributed by atoms with van der Waals surface area (Å²) < 4.78 is 13.7. The van der Waals surface area contributed by atoms with Crippen LogP contribution in [-0.4, -0.2) is 74.7 Å². The second-order valence-corrected chi connectivity index (χ2v) is 9.75. The van der Waals surface area contributed by atoms with Gasteiger partial charge in [-0.15, -0.1) is 0 Å². The second-order valence-electron chi connectivity index (χ2n) is 9.75. The Morgan fingerprint density at radius 2 is 1.80 bits per heavy atom. The van der Waals surface area contributed by atoms with Gasteiger partial charge >= 0.3 is 0 Å². The van der Waals surface area contributed by atoms with E-state index >= 15 is 0 Å². The van der Waals surface area contributed by atoms with Gasteiger partial charge < -0.3 is 15.5 Å². The molecule has 2 aliphatic heterocycles. The molecule has 0 bridgehead atoms. The molecule has 3 rings (SSSR count). The average molecular weight is 418 g/mol. The number of hydrogen-bond acceptors (Lipinski definition) is 3. The highest BCUT2D eigenvalue weighted by Crippen LogP contribution is 2.31. The van der Waals surface area contributed by atoms with E-state index < -0.39 is 0 Å². The molecule has 5 nitrogen and oxygen atoms in total. The van der Waals surface area contributed by atoms with E-state index in [1.807, 2.05) is 13.1 Å². The Morgan fingerprint density at radius 1 is 1.10 bits per heavy atom. The molecule has 0 amide bonds. The van der Waals surface area contributed by atoms with Crippen LogP contribution in [0.15, 0.2) is 29.3 Å². The van der Waals surface area contributed by atoms with Crippen molar-refractivity contribution >= 4 is 5.96 Å². The first-order chi connectivity index (χ1) is 14.3. The Bertz CT molecular complexity index is 703. The zero-order valence-corrected chi connectivity index (χ0v) is 19.3. The summed E-state index contributed by atoms with van der Waals surface area (Å²) in [6, 6.07) is 6.89. The van der Waals surface area contributed by atoms with Crippen LogP contribution >= 0.6 is 0 Å². The minimum Gasteiger partial charge on any atom is -0.356 e. The van der Waals surface area contributed by atoms with E-state index in [-0.39, 0.29) is 16.8 Å². The Balaban J connectivity index is 1.61. The normalized spacial score (nSPS) is 21.4. The number of guanidine groups is 1. The summed E-state index contributed by atoms with van der Waals surface area (Å²) in [5.41, 5.74) is 1.01. The SMILES string of the molecule is CN=C(NCC(C)(C)c1cccc(F)c1)NCC1(N2CCCCC2)CCN(C)CC1. The van der Waals surface area contributed by atoms with Crippen LogP contribution in [0, 0.1) is 5.82 Å². The number of hydrogen-bond donors (Lipinski definition) is 2. The van der Waals surface area contributed by atoms with Crippen LogP contribution in [0.3, 0.4) is 0 Å². The Labute approximate surface area is 182 Å². The highest BCUT2D eigenvalue weighted by molar-refractivity contribution is 5.79. The van der Waals surface area contributed by atoms with Gasteiger partial charge in [0.05, 0.1) is 0 Å². The Hall–Kier alpha value is -1.66. The van der Waals surface area contributed by atoms with Gasteiger partial charge in [-0.2, -0.15) is 0 Å². The summed E-state index contributed by atoms with van der Waals surface area (Å²) in [4.78, 5) is 9.65. The van der Waals surface area contributed by atoms with Crippen LogP contribution in [0.1, 0.15) is 51.5 Å². The quantitative estimate of drug-likeness (QED) is 0.551. The molecule has 2 fully saturated rings. The third kappa shape index (κ3) is 5.73. The molecule has 0 aliphatic carbocycles. The van der Waals surface area contributed by atoms with Crippen molar-refractivity contribution < 1.29 is 4.39 Å². The molecule has 2 N–H and O–H groups in total. The second kappa shape index (κ2) is 10.1. The first-order valence-electron chi connectivity index (χ1n) is 11.5. The van der Waals surface area contributed by atoms with Crippen LogP contribution in [0.25, 0.3) is 0 Å². The minimum absolute atomic E-state index is 0.186. The third-order valence-electron chi connectivity index (χ3n) is 7.06. The molecule has 0 saturated carbocycles. The molecule has 0 spiro atoms. The summed E-state index contributed by atoms with van der Waals surface area (Å²) in [7, 11) is 4.05. The largest absolute Gasteiger partial charge is 0.356 e. The molecule has 0 aromatic heterocycles. The first-order valence-corrected chi connectivity index (χ1v) is 11.5. The maximum Gasteiger partial charge on any atom is 0.191 e. The monoisotopic (exact) mass is 417 g/mol. The fourth-order valence-corrected chi connectivity index (χ4v) is 4.79. The zero-order valence-electron chi connectivity index (χ0n) is 19.3. The van der Waals surface area contributed by atoms with Crippen LogP contribution in [0.5, 0.6) is 0 Å². The van der Waals surface area contributed by atoms with E-state index in [9.17, 15) is 4.39 Å². The first kappa shape index (κ1) is 23.0. The smallest absolute Gasteiger partial charge is 0.191 e. The minimum atomic E-state index is -0.197. The molecule has 0 radical (unpaired) electrons. The van der Waals surface area contributed by atoms with Crippen molar-refractivity contribution in [1.82, 2.24) is 20.4 Å². The number of halogens is 1. The van der Waals surface area contributed by atoms with E-state index in [1.54, 1.807) is 12.1 Å². The van der Waals surface area contributed by atoms with Crippen molar-refractivity contribution in [1.29, 1.82) is 0 Å². The highest BCUT2D eigenvalue weighted by atomic mass is 19.1. The van der Waals surface area contributed by atoms with Crippen LogP contribution in [-0.2, 0) is 5.41 Å². The lowest BCUT2D eigenvalue weighted by molar-refractivity contribution is 0.0173. The van der Waals surface area contributed by atoms with Gasteiger partial charge in [0, 0.05) is 31.1 Å². The van der Waals surface area contributed by atoms with Gasteiger partial charge in [-0.1, -0.05) is 32.4 Å². The van der Waals surface area contributed by atoms with Crippen molar-refractivity contribution in [2.45, 2.75) is 56.9 Å². The summed E-state index contributed by atoms with van der Waals surface area (Å²) in [5, 5.41) is 7.12. The predicted molar refractivity (Wildman–Crippen MR) is 124 cm³/mol. The summed E-state index contributed by atoms with van der Waals surface area (Å²) in [5.74, 6) is 0.642. The maximum absolute atomic E-state index is 13.7. The lowest BCUT2D eigenvalue weighted by Gasteiger charge is -2.50. The highest BCUT2D eigenvalue weighted by Gasteiger charge is 2.39. The van der Waals surface area contributed by atoms with Crippen LogP contribution < -0.4 is 10.6 Å². The molecule has 2 saturated heterocycles. The van der Waals surface area contributed by atoms with Gasteiger partial charge in [-0.3, -0.25) is 9.89 Å². The van der Waals surface area contributed by atoms with E-state index in [2.05, 4.69) is 46.3 Å². The molecule has 0 atom stereocenters. The third-order valence-corrected chi connectivity index (χ3v) is 7.06. The molecular weight excluding hydrogens is 377 g/mol. The van der Waals surface area contributed by atoms with E-state index in [1.165, 1.54) is 51.3 Å².